The van der Waals surface area contributed by atoms with Gasteiger partial charge in [-0.2, -0.15) is 0 Å². The van der Waals surface area contributed by atoms with Crippen molar-refractivity contribution in [3.8, 4) is 33.9 Å². The molecule has 2 aliphatic heterocycles. The Hall–Kier alpha value is -4.39. The quantitative estimate of drug-likeness (QED) is 0.277. The zero-order chi connectivity index (χ0) is 24.4. The standard InChI is InChI=1S/C28H21F2N3O2/c1-2-35-28(34)21-12-10-20(11-13-21)19-8-6-18(7-9-19)16-33-15-14-24-25(17-33)32-27(31-24)22-4-3-5-23(29)26(22)30/h3-15,17H,2,16H2,1H3. The van der Waals surface area contributed by atoms with Crippen molar-refractivity contribution >= 4 is 5.97 Å². The van der Waals surface area contributed by atoms with Gasteiger partial charge in [0.05, 0.1) is 23.4 Å². The molecule has 0 N–H and O–H groups in total. The maximum atomic E-state index is 14.1. The number of benzene rings is 3. The number of hydrogen-bond acceptors (Lipinski definition) is 4. The highest BCUT2D eigenvalue weighted by atomic mass is 19.2. The number of imidazole rings is 1. The van der Waals surface area contributed by atoms with Crippen molar-refractivity contribution in [2.75, 3.05) is 6.61 Å². The molecule has 0 amide bonds. The molecule has 0 saturated carbocycles. The Morgan fingerprint density at radius 1 is 0.886 bits per heavy atom. The van der Waals surface area contributed by atoms with Gasteiger partial charge in [0.2, 0.25) is 0 Å². The summed E-state index contributed by atoms with van der Waals surface area (Å²) in [5.41, 5.74) is 4.90. The van der Waals surface area contributed by atoms with Gasteiger partial charge in [-0.25, -0.2) is 23.5 Å². The van der Waals surface area contributed by atoms with Gasteiger partial charge >= 0.3 is 5.97 Å². The highest BCUT2D eigenvalue weighted by molar-refractivity contribution is 5.90. The van der Waals surface area contributed by atoms with E-state index in [2.05, 4.69) is 9.97 Å². The summed E-state index contributed by atoms with van der Waals surface area (Å²) in [5, 5.41) is 0. The molecule has 7 heteroatoms. The number of aromatic nitrogens is 3. The number of ether oxygens (including phenoxy) is 1. The summed E-state index contributed by atoms with van der Waals surface area (Å²) in [4.78, 5) is 20.6. The fourth-order valence-electron chi connectivity index (χ4n) is 3.87. The highest BCUT2D eigenvalue weighted by Gasteiger charge is 2.17. The van der Waals surface area contributed by atoms with E-state index >= 15 is 0 Å². The number of hydrogen-bond donors (Lipinski definition) is 0. The van der Waals surface area contributed by atoms with Crippen LogP contribution in [0.3, 0.4) is 0 Å². The van der Waals surface area contributed by atoms with Crippen molar-refractivity contribution in [2.45, 2.75) is 13.5 Å². The molecule has 2 heterocycles. The second-order valence-electron chi connectivity index (χ2n) is 8.03. The summed E-state index contributed by atoms with van der Waals surface area (Å²) in [7, 11) is 0. The maximum Gasteiger partial charge on any atom is 0.338 e. The highest BCUT2D eigenvalue weighted by Crippen LogP contribution is 2.28. The van der Waals surface area contributed by atoms with Crippen LogP contribution >= 0.6 is 0 Å². The van der Waals surface area contributed by atoms with E-state index in [-0.39, 0.29) is 17.4 Å². The van der Waals surface area contributed by atoms with Crippen LogP contribution in [0, 0.1) is 11.6 Å². The molecular formula is C28H21F2N3O2. The van der Waals surface area contributed by atoms with Gasteiger partial charge in [0.1, 0.15) is 5.69 Å². The minimum absolute atomic E-state index is 0.0404. The molecule has 3 aromatic carbocycles. The predicted octanol–water partition coefficient (Wildman–Crippen LogP) is 6.22. The van der Waals surface area contributed by atoms with Crippen molar-refractivity contribution in [1.29, 1.82) is 0 Å². The molecule has 0 spiro atoms. The van der Waals surface area contributed by atoms with Gasteiger partial charge in [-0.3, -0.25) is 0 Å². The minimum atomic E-state index is -0.952. The summed E-state index contributed by atoms with van der Waals surface area (Å²) in [6.07, 6.45) is 3.72. The Morgan fingerprint density at radius 3 is 2.29 bits per heavy atom. The first-order valence-electron chi connectivity index (χ1n) is 11.2. The van der Waals surface area contributed by atoms with Gasteiger partial charge in [0.25, 0.3) is 0 Å². The van der Waals surface area contributed by atoms with Crippen LogP contribution in [0.25, 0.3) is 33.9 Å². The summed E-state index contributed by atoms with van der Waals surface area (Å²) < 4.78 is 34.7. The second-order valence-corrected chi connectivity index (χ2v) is 8.03. The summed E-state index contributed by atoms with van der Waals surface area (Å²) in [6, 6.07) is 21.2. The number of pyridine rings is 1. The SMILES string of the molecule is CCOC(=O)c1ccc(-c2ccc(Cn3ccc4nc(-c5cccc(F)c5F)nc-4c3)cc2)cc1. The Morgan fingerprint density at radius 2 is 1.57 bits per heavy atom. The Bertz CT molecular complexity index is 1460. The van der Waals surface area contributed by atoms with Crippen molar-refractivity contribution in [2.24, 2.45) is 0 Å². The maximum absolute atomic E-state index is 14.1. The first kappa shape index (κ1) is 22.4. The average molecular weight is 469 g/mol. The molecule has 0 unspecified atom stereocenters. The van der Waals surface area contributed by atoms with E-state index in [9.17, 15) is 13.6 Å². The summed E-state index contributed by atoms with van der Waals surface area (Å²) in [5.74, 6) is -2.05. The fraction of sp³-hybridized carbons (Fsp3) is 0.107. The largest absolute Gasteiger partial charge is 0.462 e. The van der Waals surface area contributed by atoms with Gasteiger partial charge in [-0.1, -0.05) is 42.5 Å². The molecule has 3 aromatic rings. The topological polar surface area (TPSA) is 57.0 Å². The van der Waals surface area contributed by atoms with Gasteiger partial charge in [0.15, 0.2) is 17.5 Å². The van der Waals surface area contributed by atoms with E-state index in [0.717, 1.165) is 22.8 Å². The zero-order valence-corrected chi connectivity index (χ0v) is 18.9. The number of fused-ring (bicyclic) bond motifs is 1. The zero-order valence-electron chi connectivity index (χ0n) is 18.9. The third kappa shape index (κ3) is 4.66. The monoisotopic (exact) mass is 469 g/mol. The third-order valence-corrected chi connectivity index (χ3v) is 5.67. The second kappa shape index (κ2) is 9.46. The lowest BCUT2D eigenvalue weighted by atomic mass is 10.0. The van der Waals surface area contributed by atoms with Crippen LogP contribution < -0.4 is 0 Å². The molecule has 0 fully saturated rings. The smallest absolute Gasteiger partial charge is 0.338 e. The molecule has 0 bridgehead atoms. The number of rotatable bonds is 6. The molecule has 174 valence electrons. The van der Waals surface area contributed by atoms with Gasteiger partial charge < -0.3 is 9.30 Å². The third-order valence-electron chi connectivity index (χ3n) is 5.67. The Kier molecular flexibility index (Phi) is 6.06. The van der Waals surface area contributed by atoms with E-state index in [4.69, 9.17) is 4.74 Å². The number of esters is 1. The van der Waals surface area contributed by atoms with Crippen LogP contribution in [0.5, 0.6) is 0 Å². The molecule has 0 saturated heterocycles. The first-order chi connectivity index (χ1) is 17.0. The lowest BCUT2D eigenvalue weighted by molar-refractivity contribution is 0.0526. The molecule has 0 aliphatic carbocycles. The number of carbonyl (C=O) groups excluding carboxylic acids is 1. The van der Waals surface area contributed by atoms with Crippen molar-refractivity contribution in [3.05, 3.63) is 108 Å². The molecular weight excluding hydrogens is 448 g/mol. The van der Waals surface area contributed by atoms with Crippen molar-refractivity contribution in [3.63, 3.8) is 0 Å². The summed E-state index contributed by atoms with van der Waals surface area (Å²) >= 11 is 0. The average Bonchev–Trinajstić information content (AvgIpc) is 3.30. The minimum Gasteiger partial charge on any atom is -0.462 e. The number of nitrogens with zero attached hydrogens (tertiary/aromatic N) is 3. The van der Waals surface area contributed by atoms with Crippen LogP contribution in [0.15, 0.2) is 85.2 Å². The van der Waals surface area contributed by atoms with Crippen molar-refractivity contribution < 1.29 is 18.3 Å². The lowest BCUT2D eigenvalue weighted by Crippen LogP contribution is -2.04. The number of halogens is 2. The molecule has 5 rings (SSSR count). The fourth-order valence-corrected chi connectivity index (χ4v) is 3.87. The van der Waals surface area contributed by atoms with E-state index in [0.29, 0.717) is 30.1 Å². The van der Waals surface area contributed by atoms with Crippen LogP contribution in [0.2, 0.25) is 0 Å². The van der Waals surface area contributed by atoms with E-state index < -0.39 is 11.6 Å². The molecule has 35 heavy (non-hydrogen) atoms. The van der Waals surface area contributed by atoms with E-state index in [1.807, 2.05) is 59.4 Å². The van der Waals surface area contributed by atoms with E-state index in [1.54, 1.807) is 19.1 Å². The summed E-state index contributed by atoms with van der Waals surface area (Å²) in [6.45, 7) is 2.73. The molecule has 5 nitrogen and oxygen atoms in total. The van der Waals surface area contributed by atoms with Crippen LogP contribution in [-0.2, 0) is 11.3 Å². The molecule has 2 aliphatic rings. The predicted molar refractivity (Wildman–Crippen MR) is 129 cm³/mol. The van der Waals surface area contributed by atoms with Gasteiger partial charge in [-0.15, -0.1) is 0 Å². The number of carbonyl (C=O) groups is 1. The Labute approximate surface area is 201 Å². The Balaban J connectivity index is 1.33. The van der Waals surface area contributed by atoms with Gasteiger partial charge in [0, 0.05) is 18.9 Å². The molecule has 0 radical (unpaired) electrons. The van der Waals surface area contributed by atoms with Gasteiger partial charge in [-0.05, 0) is 53.9 Å². The van der Waals surface area contributed by atoms with Crippen molar-refractivity contribution in [1.82, 2.24) is 14.5 Å². The van der Waals surface area contributed by atoms with Crippen LogP contribution in [0.4, 0.5) is 8.78 Å². The lowest BCUT2D eigenvalue weighted by Gasteiger charge is -2.09. The molecule has 0 atom stereocenters. The van der Waals surface area contributed by atoms with Crippen LogP contribution in [-0.4, -0.2) is 27.1 Å². The van der Waals surface area contributed by atoms with E-state index in [1.165, 1.54) is 12.1 Å². The normalized spacial score (nSPS) is 11.1. The van der Waals surface area contributed by atoms with Crippen LogP contribution in [0.1, 0.15) is 22.8 Å². The molecule has 0 aromatic heterocycles. The first-order valence-corrected chi connectivity index (χ1v) is 11.2.